The monoisotopic (exact) mass is 604 g/mol. The summed E-state index contributed by atoms with van der Waals surface area (Å²) in [5.74, 6) is -1.04. The molecule has 0 saturated heterocycles. The molecule has 7 nitrogen and oxygen atoms in total. The van der Waals surface area contributed by atoms with Crippen LogP contribution in [-0.4, -0.2) is 17.9 Å². The van der Waals surface area contributed by atoms with Crippen molar-refractivity contribution in [1.82, 2.24) is 5.32 Å². The van der Waals surface area contributed by atoms with Gasteiger partial charge in [0.05, 0.1) is 10.6 Å². The minimum atomic E-state index is -1.33. The van der Waals surface area contributed by atoms with Gasteiger partial charge in [0, 0.05) is 22.8 Å². The average molecular weight is 606 g/mol. The van der Waals surface area contributed by atoms with Crippen molar-refractivity contribution in [3.05, 3.63) is 128 Å². The number of ether oxygens (including phenoxy) is 1. The molecule has 1 N–H and O–H groups in total. The van der Waals surface area contributed by atoms with Crippen molar-refractivity contribution < 1.29 is 18.7 Å². The molecule has 4 aromatic rings. The van der Waals surface area contributed by atoms with Gasteiger partial charge in [-0.3, -0.25) is 19.3 Å². The molecule has 1 saturated carbocycles. The van der Waals surface area contributed by atoms with Gasteiger partial charge in [-0.05, 0) is 54.8 Å². The predicted molar refractivity (Wildman–Crippen MR) is 163 cm³/mol. The number of anilines is 1. The molecule has 1 aromatic heterocycles. The van der Waals surface area contributed by atoms with Crippen LogP contribution in [0.5, 0.6) is 5.75 Å². The molecule has 1 unspecified atom stereocenters. The summed E-state index contributed by atoms with van der Waals surface area (Å²) in [7, 11) is 0. The van der Waals surface area contributed by atoms with Gasteiger partial charge in [0.2, 0.25) is 11.2 Å². The second-order valence-corrected chi connectivity index (χ2v) is 11.0. The topological polar surface area (TPSA) is 88.8 Å². The van der Waals surface area contributed by atoms with Gasteiger partial charge in [0.25, 0.3) is 11.8 Å². The summed E-state index contributed by atoms with van der Waals surface area (Å²) in [5.41, 5.74) is 0.962. The fourth-order valence-corrected chi connectivity index (χ4v) is 5.39. The molecule has 1 atom stereocenters. The number of nitrogens with zero attached hydrogens (tertiary/aromatic N) is 1. The molecule has 42 heavy (non-hydrogen) atoms. The molecule has 2 amide bonds. The van der Waals surface area contributed by atoms with E-state index in [1.54, 1.807) is 48.5 Å². The molecule has 1 aliphatic carbocycles. The highest BCUT2D eigenvalue weighted by atomic mass is 35.5. The molecule has 0 radical (unpaired) electrons. The standard InChI is InChI=1S/C33H30Cl2N2O5/c34-23-15-17-25(18-16-23)37(33(40)26-13-7-8-14-27(26)35)31(32(39)36-24-11-5-2-6-12-24)29-19-28(38)30(21-42-29)41-20-22-9-3-1-4-10-22/h1,3-4,7-10,13-19,21,24,31H,2,5-6,11-12,20H2,(H,36,39). The number of amides is 2. The molecular formula is C33H30Cl2N2O5. The van der Waals surface area contributed by atoms with E-state index in [9.17, 15) is 14.4 Å². The number of nitrogens with one attached hydrogen (secondary N) is 1. The number of halogens is 2. The van der Waals surface area contributed by atoms with E-state index < -0.39 is 23.3 Å². The molecule has 1 fully saturated rings. The lowest BCUT2D eigenvalue weighted by Crippen LogP contribution is -2.47. The summed E-state index contributed by atoms with van der Waals surface area (Å²) in [6.07, 6.45) is 5.94. The maximum atomic E-state index is 14.2. The van der Waals surface area contributed by atoms with E-state index >= 15 is 0 Å². The third kappa shape index (κ3) is 7.04. The van der Waals surface area contributed by atoms with Gasteiger partial charge in [-0.1, -0.05) is 84.9 Å². The van der Waals surface area contributed by atoms with Crippen LogP contribution in [0.3, 0.4) is 0 Å². The summed E-state index contributed by atoms with van der Waals surface area (Å²) in [6, 6.07) is 22.3. The van der Waals surface area contributed by atoms with E-state index in [0.717, 1.165) is 37.7 Å². The first-order chi connectivity index (χ1) is 20.4. The van der Waals surface area contributed by atoms with Gasteiger partial charge in [0.1, 0.15) is 18.6 Å². The lowest BCUT2D eigenvalue weighted by molar-refractivity contribution is -0.123. The van der Waals surface area contributed by atoms with Crippen LogP contribution in [0, 0.1) is 0 Å². The Morgan fingerprint density at radius 1 is 0.929 bits per heavy atom. The second kappa shape index (κ2) is 13.7. The lowest BCUT2D eigenvalue weighted by Gasteiger charge is -2.32. The van der Waals surface area contributed by atoms with E-state index in [4.69, 9.17) is 32.4 Å². The minimum absolute atomic E-state index is 0.00971. The van der Waals surface area contributed by atoms with Gasteiger partial charge in [-0.15, -0.1) is 0 Å². The highest BCUT2D eigenvalue weighted by Gasteiger charge is 2.37. The van der Waals surface area contributed by atoms with E-state index in [1.807, 2.05) is 30.3 Å². The van der Waals surface area contributed by atoms with Gasteiger partial charge in [-0.2, -0.15) is 0 Å². The number of benzene rings is 3. The van der Waals surface area contributed by atoms with Crippen LogP contribution in [0.2, 0.25) is 10.0 Å². The van der Waals surface area contributed by atoms with Crippen molar-refractivity contribution in [2.24, 2.45) is 0 Å². The van der Waals surface area contributed by atoms with Crippen molar-refractivity contribution in [3.63, 3.8) is 0 Å². The maximum Gasteiger partial charge on any atom is 0.260 e. The molecule has 216 valence electrons. The van der Waals surface area contributed by atoms with Crippen LogP contribution < -0.4 is 20.4 Å². The first-order valence-electron chi connectivity index (χ1n) is 13.8. The van der Waals surface area contributed by atoms with Gasteiger partial charge >= 0.3 is 0 Å². The van der Waals surface area contributed by atoms with E-state index in [1.165, 1.54) is 17.2 Å². The molecule has 1 aliphatic rings. The summed E-state index contributed by atoms with van der Waals surface area (Å²) in [6.45, 7) is 0.165. The van der Waals surface area contributed by atoms with Gasteiger partial charge < -0.3 is 14.5 Å². The van der Waals surface area contributed by atoms with Crippen molar-refractivity contribution in [2.45, 2.75) is 50.8 Å². The van der Waals surface area contributed by atoms with Crippen LogP contribution in [0.15, 0.2) is 100 Å². The smallest absolute Gasteiger partial charge is 0.260 e. The van der Waals surface area contributed by atoms with Crippen molar-refractivity contribution in [3.8, 4) is 5.75 Å². The Labute approximate surface area is 254 Å². The fraction of sp³-hybridized carbons (Fsp3) is 0.242. The maximum absolute atomic E-state index is 14.2. The molecule has 1 heterocycles. The summed E-state index contributed by atoms with van der Waals surface area (Å²) < 4.78 is 11.6. The van der Waals surface area contributed by atoms with Crippen LogP contribution >= 0.6 is 23.2 Å². The summed E-state index contributed by atoms with van der Waals surface area (Å²) in [5, 5.41) is 3.77. The average Bonchev–Trinajstić information content (AvgIpc) is 3.01. The molecule has 0 bridgehead atoms. The van der Waals surface area contributed by atoms with Crippen molar-refractivity contribution in [1.29, 1.82) is 0 Å². The Balaban J connectivity index is 1.56. The number of hydrogen-bond acceptors (Lipinski definition) is 5. The number of rotatable bonds is 9. The minimum Gasteiger partial charge on any atom is -0.482 e. The fourth-order valence-electron chi connectivity index (χ4n) is 5.05. The zero-order valence-corrected chi connectivity index (χ0v) is 24.3. The Morgan fingerprint density at radius 2 is 1.62 bits per heavy atom. The second-order valence-electron chi connectivity index (χ2n) is 10.2. The quantitative estimate of drug-likeness (QED) is 0.215. The highest BCUT2D eigenvalue weighted by molar-refractivity contribution is 6.34. The lowest BCUT2D eigenvalue weighted by atomic mass is 9.95. The normalized spacial score (nSPS) is 14.1. The van der Waals surface area contributed by atoms with E-state index in [0.29, 0.717) is 10.7 Å². The van der Waals surface area contributed by atoms with Gasteiger partial charge in [-0.25, -0.2) is 0 Å². The Hall–Kier alpha value is -4.07. The zero-order chi connectivity index (χ0) is 29.5. The molecule has 0 aliphatic heterocycles. The highest BCUT2D eigenvalue weighted by Crippen LogP contribution is 2.33. The Kier molecular flexibility index (Phi) is 9.62. The van der Waals surface area contributed by atoms with E-state index in [-0.39, 0.29) is 34.7 Å². The molecule has 0 spiro atoms. The third-order valence-electron chi connectivity index (χ3n) is 7.21. The van der Waals surface area contributed by atoms with Gasteiger partial charge in [0.15, 0.2) is 6.04 Å². The first kappa shape index (κ1) is 29.4. The van der Waals surface area contributed by atoms with Crippen molar-refractivity contribution >= 4 is 40.7 Å². The SMILES string of the molecule is O=C(NC1CCCCC1)C(c1cc(=O)c(OCc2ccccc2)co1)N(C(=O)c1ccccc1Cl)c1ccc(Cl)cc1. The van der Waals surface area contributed by atoms with Crippen LogP contribution in [0.1, 0.15) is 59.8 Å². The zero-order valence-electron chi connectivity index (χ0n) is 22.8. The van der Waals surface area contributed by atoms with E-state index in [2.05, 4.69) is 5.32 Å². The summed E-state index contributed by atoms with van der Waals surface area (Å²) in [4.78, 5) is 42.7. The number of hydrogen-bond donors (Lipinski definition) is 1. The Bertz CT molecular complexity index is 1580. The van der Waals surface area contributed by atoms with Crippen LogP contribution in [0.25, 0.3) is 0 Å². The van der Waals surface area contributed by atoms with Crippen LogP contribution in [-0.2, 0) is 11.4 Å². The molecule has 3 aromatic carbocycles. The molecular weight excluding hydrogens is 575 g/mol. The predicted octanol–water partition coefficient (Wildman–Crippen LogP) is 7.36. The first-order valence-corrected chi connectivity index (χ1v) is 14.6. The summed E-state index contributed by atoms with van der Waals surface area (Å²) >= 11 is 12.6. The largest absolute Gasteiger partial charge is 0.482 e. The molecule has 5 rings (SSSR count). The number of carbonyl (C=O) groups excluding carboxylic acids is 2. The van der Waals surface area contributed by atoms with Crippen LogP contribution in [0.4, 0.5) is 5.69 Å². The number of carbonyl (C=O) groups is 2. The molecule has 9 heteroatoms. The van der Waals surface area contributed by atoms with Crippen molar-refractivity contribution in [2.75, 3.05) is 4.90 Å². The Morgan fingerprint density at radius 3 is 2.31 bits per heavy atom. The third-order valence-corrected chi connectivity index (χ3v) is 7.79.